The normalized spacial score (nSPS) is 10.3. The van der Waals surface area contributed by atoms with Crippen LogP contribution in [-0.2, 0) is 0 Å². The summed E-state index contributed by atoms with van der Waals surface area (Å²) in [5.41, 5.74) is 1.15. The van der Waals surface area contributed by atoms with Crippen LogP contribution in [0.1, 0.15) is 5.56 Å². The third-order valence-corrected chi connectivity index (χ3v) is 5.38. The summed E-state index contributed by atoms with van der Waals surface area (Å²) in [6.07, 6.45) is 0. The van der Waals surface area contributed by atoms with Crippen LogP contribution in [0, 0.1) is 6.92 Å². The van der Waals surface area contributed by atoms with E-state index in [1.807, 2.05) is 6.92 Å². The zero-order chi connectivity index (χ0) is 10.7. The van der Waals surface area contributed by atoms with Crippen molar-refractivity contribution < 1.29 is 0 Å². The standard InChI is InChI=1S/C13H11ClTe/c1-10-7-8-12(9-13(10)14)15-11-5-3-2-4-6-11/h2-9H,1H3. The minimum absolute atomic E-state index is 0.273. The molecular weight excluding hydrogens is 319 g/mol. The van der Waals surface area contributed by atoms with Gasteiger partial charge in [0.05, 0.1) is 0 Å². The van der Waals surface area contributed by atoms with E-state index in [-0.39, 0.29) is 20.9 Å². The van der Waals surface area contributed by atoms with E-state index in [1.54, 1.807) is 0 Å². The quantitative estimate of drug-likeness (QED) is 0.742. The zero-order valence-electron chi connectivity index (χ0n) is 8.41. The molecule has 2 heteroatoms. The number of halogens is 1. The van der Waals surface area contributed by atoms with E-state index in [9.17, 15) is 0 Å². The van der Waals surface area contributed by atoms with E-state index >= 15 is 0 Å². The molecule has 0 aliphatic rings. The van der Waals surface area contributed by atoms with Gasteiger partial charge in [-0.2, -0.15) is 0 Å². The Kier molecular flexibility index (Phi) is 3.70. The van der Waals surface area contributed by atoms with Crippen molar-refractivity contribution in [2.75, 3.05) is 0 Å². The zero-order valence-corrected chi connectivity index (χ0v) is 11.5. The van der Waals surface area contributed by atoms with E-state index in [0.29, 0.717) is 0 Å². The van der Waals surface area contributed by atoms with Gasteiger partial charge >= 0.3 is 106 Å². The van der Waals surface area contributed by atoms with Crippen LogP contribution in [0.4, 0.5) is 0 Å². The first kappa shape index (κ1) is 11.0. The van der Waals surface area contributed by atoms with Gasteiger partial charge in [0.15, 0.2) is 0 Å². The van der Waals surface area contributed by atoms with Gasteiger partial charge in [0.25, 0.3) is 0 Å². The van der Waals surface area contributed by atoms with Crippen LogP contribution in [0.5, 0.6) is 0 Å². The van der Waals surface area contributed by atoms with Crippen molar-refractivity contribution >= 4 is 39.7 Å². The number of benzene rings is 2. The summed E-state index contributed by atoms with van der Waals surface area (Å²) in [5, 5.41) is 0.883. The Labute approximate surface area is 105 Å². The van der Waals surface area contributed by atoms with Crippen molar-refractivity contribution in [3.05, 3.63) is 59.1 Å². The SMILES string of the molecule is Cc1ccc([Te]c2ccccc2)cc1Cl. The van der Waals surface area contributed by atoms with Gasteiger partial charge in [0, 0.05) is 0 Å². The Morgan fingerprint density at radius 2 is 1.67 bits per heavy atom. The van der Waals surface area contributed by atoms with Crippen LogP contribution in [0.15, 0.2) is 48.5 Å². The van der Waals surface area contributed by atoms with Crippen LogP contribution >= 0.6 is 11.6 Å². The Bertz CT molecular complexity index is 451. The van der Waals surface area contributed by atoms with E-state index in [4.69, 9.17) is 11.6 Å². The van der Waals surface area contributed by atoms with Crippen molar-refractivity contribution in [2.24, 2.45) is 0 Å². The molecule has 0 heterocycles. The fourth-order valence-electron chi connectivity index (χ4n) is 1.26. The molecule has 0 nitrogen and oxygen atoms in total. The van der Waals surface area contributed by atoms with E-state index in [1.165, 1.54) is 7.22 Å². The predicted molar refractivity (Wildman–Crippen MR) is 67.7 cm³/mol. The average Bonchev–Trinajstić information content (AvgIpc) is 2.25. The molecule has 15 heavy (non-hydrogen) atoms. The van der Waals surface area contributed by atoms with Gasteiger partial charge in [-0.05, 0) is 0 Å². The first-order chi connectivity index (χ1) is 7.25. The van der Waals surface area contributed by atoms with Crippen molar-refractivity contribution in [1.29, 1.82) is 0 Å². The Morgan fingerprint density at radius 3 is 2.33 bits per heavy atom. The Hall–Kier alpha value is -0.480. The molecule has 0 atom stereocenters. The van der Waals surface area contributed by atoms with Gasteiger partial charge in [0.2, 0.25) is 0 Å². The molecule has 0 aliphatic carbocycles. The van der Waals surface area contributed by atoms with Crippen LogP contribution in [0.25, 0.3) is 0 Å². The molecular formula is C13H11ClTe. The molecule has 0 unspecified atom stereocenters. The second-order valence-corrected chi connectivity index (χ2v) is 7.01. The third kappa shape index (κ3) is 2.98. The van der Waals surface area contributed by atoms with Gasteiger partial charge in [-0.15, -0.1) is 0 Å². The number of rotatable bonds is 2. The predicted octanol–water partition coefficient (Wildman–Crippen LogP) is 2.30. The van der Waals surface area contributed by atoms with Crippen LogP contribution < -0.4 is 7.22 Å². The molecule has 0 aliphatic heterocycles. The fraction of sp³-hybridized carbons (Fsp3) is 0.0769. The molecule has 0 saturated carbocycles. The van der Waals surface area contributed by atoms with E-state index in [0.717, 1.165) is 10.6 Å². The van der Waals surface area contributed by atoms with E-state index in [2.05, 4.69) is 48.5 Å². The first-order valence-electron chi connectivity index (χ1n) is 4.75. The van der Waals surface area contributed by atoms with Crippen LogP contribution in [-0.4, -0.2) is 20.9 Å². The summed E-state index contributed by atoms with van der Waals surface area (Å²) in [5.74, 6) is 0. The molecule has 0 radical (unpaired) electrons. The van der Waals surface area contributed by atoms with Gasteiger partial charge in [-0.3, -0.25) is 0 Å². The van der Waals surface area contributed by atoms with Gasteiger partial charge < -0.3 is 0 Å². The first-order valence-corrected chi connectivity index (χ1v) is 7.45. The summed E-state index contributed by atoms with van der Waals surface area (Å²) < 4.78 is 2.84. The minimum atomic E-state index is -0.273. The number of aryl methyl sites for hydroxylation is 1. The molecule has 0 fully saturated rings. The number of hydrogen-bond acceptors (Lipinski definition) is 0. The van der Waals surface area contributed by atoms with Crippen LogP contribution in [0.3, 0.4) is 0 Å². The molecule has 0 saturated heterocycles. The molecule has 76 valence electrons. The molecule has 2 aromatic rings. The maximum atomic E-state index is 6.10. The summed E-state index contributed by atoms with van der Waals surface area (Å²) in [6, 6.07) is 17.0. The number of hydrogen-bond donors (Lipinski definition) is 0. The molecule has 0 spiro atoms. The summed E-state index contributed by atoms with van der Waals surface area (Å²) in [4.78, 5) is 0. The molecule has 0 amide bonds. The summed E-state index contributed by atoms with van der Waals surface area (Å²) in [7, 11) is 0. The van der Waals surface area contributed by atoms with Gasteiger partial charge in [-0.1, -0.05) is 0 Å². The molecule has 2 aromatic carbocycles. The van der Waals surface area contributed by atoms with Crippen molar-refractivity contribution in [2.45, 2.75) is 6.92 Å². The average molecular weight is 330 g/mol. The molecule has 0 aromatic heterocycles. The summed E-state index contributed by atoms with van der Waals surface area (Å²) in [6.45, 7) is 2.04. The van der Waals surface area contributed by atoms with E-state index < -0.39 is 0 Å². The van der Waals surface area contributed by atoms with Gasteiger partial charge in [-0.25, -0.2) is 0 Å². The topological polar surface area (TPSA) is 0 Å². The second-order valence-electron chi connectivity index (χ2n) is 3.33. The molecule has 0 bridgehead atoms. The van der Waals surface area contributed by atoms with Crippen molar-refractivity contribution in [3.8, 4) is 0 Å². The third-order valence-electron chi connectivity index (χ3n) is 2.12. The van der Waals surface area contributed by atoms with Crippen molar-refractivity contribution in [3.63, 3.8) is 0 Å². The fourth-order valence-corrected chi connectivity index (χ4v) is 4.15. The Balaban J connectivity index is 2.22. The monoisotopic (exact) mass is 332 g/mol. The Morgan fingerprint density at radius 1 is 0.933 bits per heavy atom. The van der Waals surface area contributed by atoms with Gasteiger partial charge in [0.1, 0.15) is 0 Å². The van der Waals surface area contributed by atoms with Crippen molar-refractivity contribution in [1.82, 2.24) is 0 Å². The maximum absolute atomic E-state index is 6.10. The molecule has 0 N–H and O–H groups in total. The van der Waals surface area contributed by atoms with Crippen LogP contribution in [0.2, 0.25) is 5.02 Å². The second kappa shape index (κ2) is 5.03. The molecule has 2 rings (SSSR count). The summed E-state index contributed by atoms with van der Waals surface area (Å²) >= 11 is 5.83.